The van der Waals surface area contributed by atoms with Crippen LogP contribution in [0.4, 0.5) is 0 Å². The summed E-state index contributed by atoms with van der Waals surface area (Å²) in [6, 6.07) is 1.96. The molecule has 1 nitrogen and oxygen atoms in total. The van der Waals surface area contributed by atoms with E-state index in [2.05, 4.69) is 6.58 Å². The Hall–Kier alpha value is -0.0400. The average Bonchev–Trinajstić information content (AvgIpc) is 1.35. The van der Waals surface area contributed by atoms with E-state index in [0.29, 0.717) is 6.42 Å². The second kappa shape index (κ2) is 3.16. The van der Waals surface area contributed by atoms with E-state index in [1.54, 1.807) is 0 Å². The summed E-state index contributed by atoms with van der Waals surface area (Å²) in [7, 11) is 0. The van der Waals surface area contributed by atoms with Gasteiger partial charge in [0.15, 0.2) is 0 Å². The minimum atomic E-state index is 0.473. The molecule has 0 aliphatic rings. The van der Waals surface area contributed by atoms with Gasteiger partial charge in [-0.1, -0.05) is 6.58 Å². The van der Waals surface area contributed by atoms with E-state index in [1.807, 2.05) is 28.7 Å². The summed E-state index contributed by atoms with van der Waals surface area (Å²) in [6.45, 7) is 3.51. The van der Waals surface area contributed by atoms with Crippen LogP contribution in [-0.2, 0) is 0 Å². The Kier molecular flexibility index (Phi) is 3.14. The number of rotatable bonds is 1. The van der Waals surface area contributed by atoms with Crippen LogP contribution in [0.25, 0.3) is 0 Å². The number of nitrogens with zero attached hydrogens (tertiary/aromatic N) is 1. The molecule has 0 atom stereocenters. The summed E-state index contributed by atoms with van der Waals surface area (Å²) >= 11 is 2.03. The number of nitriles is 1. The molecule has 0 spiro atoms. The first-order valence-corrected chi connectivity index (χ1v) is 2.55. The Morgan fingerprint density at radius 2 is 2.50 bits per heavy atom. The van der Waals surface area contributed by atoms with Gasteiger partial charge in [0.25, 0.3) is 0 Å². The molecule has 0 saturated carbocycles. The number of allylic oxidation sites excluding steroid dienone is 1. The summed E-state index contributed by atoms with van der Waals surface area (Å²) in [4.78, 5) is 0. The van der Waals surface area contributed by atoms with Crippen LogP contribution in [-0.4, -0.2) is 0 Å². The lowest BCUT2D eigenvalue weighted by atomic mass is 10.5. The maximum absolute atomic E-state index is 7.92. The Labute approximate surface area is 50.8 Å². The van der Waals surface area contributed by atoms with Gasteiger partial charge in [-0.2, -0.15) is 5.26 Å². The highest BCUT2D eigenvalue weighted by Crippen LogP contribution is 2.03. The monoisotopic (exact) mass is 193 g/mol. The van der Waals surface area contributed by atoms with E-state index in [4.69, 9.17) is 5.26 Å². The predicted molar refractivity (Wildman–Crippen MR) is 33.4 cm³/mol. The number of hydrogen-bond donors (Lipinski definition) is 0. The summed E-state index contributed by atoms with van der Waals surface area (Å²) in [5, 5.41) is 7.92. The molecule has 0 heterocycles. The topological polar surface area (TPSA) is 23.8 Å². The zero-order chi connectivity index (χ0) is 4.99. The van der Waals surface area contributed by atoms with E-state index < -0.39 is 0 Å². The van der Waals surface area contributed by atoms with Gasteiger partial charge in [-0.15, -0.1) is 0 Å². The van der Waals surface area contributed by atoms with Crippen LogP contribution in [0.5, 0.6) is 0 Å². The molecule has 0 amide bonds. The van der Waals surface area contributed by atoms with Crippen LogP contribution in [0.2, 0.25) is 0 Å². The first kappa shape index (κ1) is 5.96. The summed E-state index contributed by atoms with van der Waals surface area (Å²) in [6.07, 6.45) is 0.473. The minimum Gasteiger partial charge on any atom is -0.198 e. The normalized spacial score (nSPS) is 6.67. The highest BCUT2D eigenvalue weighted by Gasteiger charge is 1.77. The van der Waals surface area contributed by atoms with Crippen molar-refractivity contribution >= 4 is 22.6 Å². The molecule has 32 valence electrons. The molecule has 0 aromatic carbocycles. The van der Waals surface area contributed by atoms with Crippen LogP contribution < -0.4 is 0 Å². The molecule has 0 unspecified atom stereocenters. The molecule has 2 heteroatoms. The van der Waals surface area contributed by atoms with Gasteiger partial charge in [0.05, 0.1) is 12.5 Å². The summed E-state index contributed by atoms with van der Waals surface area (Å²) in [5.74, 6) is 0. The van der Waals surface area contributed by atoms with Crippen molar-refractivity contribution in [2.24, 2.45) is 0 Å². The molecule has 0 aliphatic carbocycles. The second-order valence-corrected chi connectivity index (χ2v) is 2.38. The molecule has 0 fully saturated rings. The lowest BCUT2D eigenvalue weighted by Gasteiger charge is -1.74. The van der Waals surface area contributed by atoms with Crippen molar-refractivity contribution in [2.75, 3.05) is 0 Å². The third-order valence-electron chi connectivity index (χ3n) is 0.271. The van der Waals surface area contributed by atoms with Crippen LogP contribution in [0, 0.1) is 11.3 Å². The lowest BCUT2D eigenvalue weighted by molar-refractivity contribution is 1.35. The zero-order valence-corrected chi connectivity index (χ0v) is 5.40. The fraction of sp³-hybridized carbons (Fsp3) is 0.250. The molecular formula is C4H4IN. The number of halogens is 1. The van der Waals surface area contributed by atoms with Crippen molar-refractivity contribution in [3.8, 4) is 6.07 Å². The van der Waals surface area contributed by atoms with Crippen molar-refractivity contribution in [2.45, 2.75) is 6.42 Å². The van der Waals surface area contributed by atoms with Crippen LogP contribution >= 0.6 is 22.6 Å². The van der Waals surface area contributed by atoms with Crippen molar-refractivity contribution in [1.82, 2.24) is 0 Å². The van der Waals surface area contributed by atoms with Gasteiger partial charge in [-0.05, 0) is 26.2 Å². The molecular weight excluding hydrogens is 189 g/mol. The minimum absolute atomic E-state index is 0.473. The molecule has 0 aromatic rings. The van der Waals surface area contributed by atoms with Gasteiger partial charge >= 0.3 is 0 Å². The Balaban J connectivity index is 3.13. The Morgan fingerprint density at radius 1 is 2.00 bits per heavy atom. The van der Waals surface area contributed by atoms with E-state index in [1.165, 1.54) is 0 Å². The fourth-order valence-corrected chi connectivity index (χ4v) is 0.256. The van der Waals surface area contributed by atoms with E-state index >= 15 is 0 Å². The van der Waals surface area contributed by atoms with Crippen molar-refractivity contribution in [3.63, 3.8) is 0 Å². The SMILES string of the molecule is C=C(I)CC#N. The van der Waals surface area contributed by atoms with Gasteiger partial charge in [-0.25, -0.2) is 0 Å². The van der Waals surface area contributed by atoms with Crippen LogP contribution in [0.3, 0.4) is 0 Å². The Morgan fingerprint density at radius 3 is 2.50 bits per heavy atom. The van der Waals surface area contributed by atoms with Gasteiger partial charge in [-0.3, -0.25) is 0 Å². The smallest absolute Gasteiger partial charge is 0.0674 e. The largest absolute Gasteiger partial charge is 0.198 e. The quantitative estimate of drug-likeness (QED) is 0.583. The highest BCUT2D eigenvalue weighted by molar-refractivity contribution is 14.1. The standard InChI is InChI=1S/C4H4IN/c1-4(5)2-3-6/h1-2H2. The molecule has 0 rings (SSSR count). The van der Waals surface area contributed by atoms with Gasteiger partial charge in [0.1, 0.15) is 0 Å². The van der Waals surface area contributed by atoms with Crippen molar-refractivity contribution in [1.29, 1.82) is 5.26 Å². The molecule has 0 aliphatic heterocycles. The molecule has 0 saturated heterocycles. The third kappa shape index (κ3) is 3.96. The third-order valence-corrected chi connectivity index (χ3v) is 0.652. The Bertz CT molecular complexity index is 90.2. The van der Waals surface area contributed by atoms with Gasteiger partial charge in [0.2, 0.25) is 0 Å². The summed E-state index contributed by atoms with van der Waals surface area (Å²) < 4.78 is 0.898. The first-order chi connectivity index (χ1) is 2.77. The van der Waals surface area contributed by atoms with E-state index in [9.17, 15) is 0 Å². The highest BCUT2D eigenvalue weighted by atomic mass is 127. The zero-order valence-electron chi connectivity index (χ0n) is 3.24. The van der Waals surface area contributed by atoms with Crippen molar-refractivity contribution < 1.29 is 0 Å². The lowest BCUT2D eigenvalue weighted by Crippen LogP contribution is -1.57. The first-order valence-electron chi connectivity index (χ1n) is 1.47. The number of hydrogen-bond acceptors (Lipinski definition) is 1. The van der Waals surface area contributed by atoms with Crippen molar-refractivity contribution in [3.05, 3.63) is 10.2 Å². The summed E-state index contributed by atoms with van der Waals surface area (Å²) in [5.41, 5.74) is 0. The molecule has 0 N–H and O–H groups in total. The molecule has 0 bridgehead atoms. The van der Waals surface area contributed by atoms with Crippen LogP contribution in [0.1, 0.15) is 6.42 Å². The maximum atomic E-state index is 7.92. The average molecular weight is 193 g/mol. The fourth-order valence-electron chi connectivity index (χ4n) is 0.0858. The predicted octanol–water partition coefficient (Wildman–Crippen LogP) is 1.85. The maximum Gasteiger partial charge on any atom is 0.0674 e. The molecule has 6 heavy (non-hydrogen) atoms. The van der Waals surface area contributed by atoms with Crippen LogP contribution in [0.15, 0.2) is 10.2 Å². The van der Waals surface area contributed by atoms with E-state index in [0.717, 1.165) is 3.58 Å². The van der Waals surface area contributed by atoms with E-state index in [-0.39, 0.29) is 0 Å². The van der Waals surface area contributed by atoms with Gasteiger partial charge < -0.3 is 0 Å². The molecule has 0 aromatic heterocycles. The van der Waals surface area contributed by atoms with Gasteiger partial charge in [0, 0.05) is 0 Å². The molecule has 0 radical (unpaired) electrons. The second-order valence-electron chi connectivity index (χ2n) is 0.852.